The Hall–Kier alpha value is -2.80. The number of benzene rings is 2. The van der Waals surface area contributed by atoms with Crippen LogP contribution in [-0.4, -0.2) is 45.3 Å². The van der Waals surface area contributed by atoms with E-state index in [4.69, 9.17) is 9.47 Å². The van der Waals surface area contributed by atoms with Gasteiger partial charge in [0.15, 0.2) is 17.5 Å². The minimum atomic E-state index is -0.231. The van der Waals surface area contributed by atoms with E-state index in [0.717, 1.165) is 22.6 Å². The molecule has 0 spiro atoms. The average Bonchev–Trinajstić information content (AvgIpc) is 3.13. The fourth-order valence-corrected chi connectivity index (χ4v) is 2.93. The van der Waals surface area contributed by atoms with Gasteiger partial charge in [-0.2, -0.15) is 0 Å². The van der Waals surface area contributed by atoms with Crippen molar-refractivity contribution in [3.05, 3.63) is 59.4 Å². The summed E-state index contributed by atoms with van der Waals surface area (Å²) in [5.41, 5.74) is 2.12. The van der Waals surface area contributed by atoms with Crippen LogP contribution in [0.3, 0.4) is 0 Å². The molecular weight excluding hydrogens is 347 g/mol. The van der Waals surface area contributed by atoms with Crippen LogP contribution in [0.15, 0.2) is 47.5 Å². The Labute approximate surface area is 159 Å². The number of likely N-dealkylation sites (N-methyl/N-ethyl adjacent to an activating group) is 1. The molecule has 0 aliphatic carbocycles. The first-order chi connectivity index (χ1) is 13.1. The maximum Gasteiger partial charge on any atom is 0.231 e. The molecule has 1 unspecified atom stereocenters. The van der Waals surface area contributed by atoms with Gasteiger partial charge < -0.3 is 25.0 Å². The first-order valence-corrected chi connectivity index (χ1v) is 8.82. The van der Waals surface area contributed by atoms with Gasteiger partial charge >= 0.3 is 0 Å². The molecule has 2 N–H and O–H groups in total. The van der Waals surface area contributed by atoms with Gasteiger partial charge in [-0.15, -0.1) is 0 Å². The lowest BCUT2D eigenvalue weighted by Gasteiger charge is -2.26. The van der Waals surface area contributed by atoms with Gasteiger partial charge in [0.25, 0.3) is 0 Å². The van der Waals surface area contributed by atoms with Crippen LogP contribution in [-0.2, 0) is 6.54 Å². The molecule has 3 rings (SSSR count). The Bertz CT molecular complexity index is 793. The summed E-state index contributed by atoms with van der Waals surface area (Å²) < 4.78 is 23.9. The number of aliphatic imine (C=N–C) groups is 1. The molecule has 1 heterocycles. The number of ether oxygens (including phenoxy) is 2. The summed E-state index contributed by atoms with van der Waals surface area (Å²) in [6.07, 6.45) is 0. The van der Waals surface area contributed by atoms with E-state index in [1.165, 1.54) is 12.1 Å². The van der Waals surface area contributed by atoms with Crippen LogP contribution in [0.25, 0.3) is 0 Å². The second-order valence-electron chi connectivity index (χ2n) is 6.53. The standard InChI is InChI=1S/C20H25FN4O2/c1-22-20(23-11-14-4-9-18-19(10-14)27-13-26-18)24-12-17(25(2)3)15-5-7-16(21)8-6-15/h4-10,17H,11-13H2,1-3H3,(H2,22,23,24). The van der Waals surface area contributed by atoms with Crippen LogP contribution < -0.4 is 20.1 Å². The van der Waals surface area contributed by atoms with Crippen molar-refractivity contribution in [2.75, 3.05) is 34.5 Å². The molecule has 6 nitrogen and oxygen atoms in total. The van der Waals surface area contributed by atoms with Gasteiger partial charge in [0.1, 0.15) is 5.82 Å². The van der Waals surface area contributed by atoms with Gasteiger partial charge in [-0.3, -0.25) is 4.99 Å². The normalized spacial score (nSPS) is 14.3. The average molecular weight is 372 g/mol. The second-order valence-corrected chi connectivity index (χ2v) is 6.53. The highest BCUT2D eigenvalue weighted by Crippen LogP contribution is 2.32. The lowest BCUT2D eigenvalue weighted by atomic mass is 10.1. The third-order valence-electron chi connectivity index (χ3n) is 4.46. The van der Waals surface area contributed by atoms with E-state index in [1.807, 2.05) is 44.4 Å². The van der Waals surface area contributed by atoms with E-state index in [1.54, 1.807) is 7.05 Å². The van der Waals surface area contributed by atoms with Crippen LogP contribution in [0.4, 0.5) is 4.39 Å². The highest BCUT2D eigenvalue weighted by molar-refractivity contribution is 5.79. The maximum atomic E-state index is 13.2. The van der Waals surface area contributed by atoms with Crippen LogP contribution in [0.5, 0.6) is 11.5 Å². The van der Waals surface area contributed by atoms with E-state index < -0.39 is 0 Å². The molecule has 2 aromatic carbocycles. The summed E-state index contributed by atoms with van der Waals surface area (Å²) in [4.78, 5) is 6.36. The first kappa shape index (κ1) is 19.0. The summed E-state index contributed by atoms with van der Waals surface area (Å²) in [5.74, 6) is 2.00. The molecule has 1 aliphatic rings. The highest BCUT2D eigenvalue weighted by atomic mass is 19.1. The maximum absolute atomic E-state index is 13.2. The molecule has 0 saturated heterocycles. The number of hydrogen-bond donors (Lipinski definition) is 2. The fourth-order valence-electron chi connectivity index (χ4n) is 2.93. The van der Waals surface area contributed by atoms with Crippen LogP contribution in [0, 0.1) is 5.82 Å². The van der Waals surface area contributed by atoms with Gasteiger partial charge in [0.05, 0.1) is 6.04 Å². The first-order valence-electron chi connectivity index (χ1n) is 8.82. The Morgan fingerprint density at radius 3 is 2.56 bits per heavy atom. The fraction of sp³-hybridized carbons (Fsp3) is 0.350. The number of rotatable bonds is 6. The monoisotopic (exact) mass is 372 g/mol. The van der Waals surface area contributed by atoms with Gasteiger partial charge in [-0.1, -0.05) is 18.2 Å². The van der Waals surface area contributed by atoms with E-state index >= 15 is 0 Å². The van der Waals surface area contributed by atoms with Crippen molar-refractivity contribution in [1.29, 1.82) is 0 Å². The molecule has 0 fully saturated rings. The predicted molar refractivity (Wildman–Crippen MR) is 104 cm³/mol. The van der Waals surface area contributed by atoms with Crippen molar-refractivity contribution in [2.24, 2.45) is 4.99 Å². The molecule has 0 amide bonds. The zero-order chi connectivity index (χ0) is 19.2. The van der Waals surface area contributed by atoms with E-state index in [-0.39, 0.29) is 18.7 Å². The molecule has 144 valence electrons. The van der Waals surface area contributed by atoms with E-state index in [9.17, 15) is 4.39 Å². The number of nitrogens with one attached hydrogen (secondary N) is 2. The van der Waals surface area contributed by atoms with Crippen LogP contribution in [0.2, 0.25) is 0 Å². The van der Waals surface area contributed by atoms with Gasteiger partial charge in [-0.25, -0.2) is 4.39 Å². The zero-order valence-electron chi connectivity index (χ0n) is 15.8. The summed E-state index contributed by atoms with van der Waals surface area (Å²) in [6, 6.07) is 12.5. The summed E-state index contributed by atoms with van der Waals surface area (Å²) in [7, 11) is 5.73. The quantitative estimate of drug-likeness (QED) is 0.603. The minimum Gasteiger partial charge on any atom is -0.454 e. The topological polar surface area (TPSA) is 58.1 Å². The number of halogens is 1. The molecule has 0 aromatic heterocycles. The van der Waals surface area contributed by atoms with Crippen molar-refractivity contribution in [1.82, 2.24) is 15.5 Å². The summed E-state index contributed by atoms with van der Waals surface area (Å²) in [5, 5.41) is 6.63. The molecule has 0 saturated carbocycles. The van der Waals surface area contributed by atoms with E-state index in [2.05, 4.69) is 20.5 Å². The SMILES string of the molecule is CN=C(NCc1ccc2c(c1)OCO2)NCC(c1ccc(F)cc1)N(C)C. The largest absolute Gasteiger partial charge is 0.454 e. The van der Waals surface area contributed by atoms with Gasteiger partial charge in [0.2, 0.25) is 6.79 Å². The Kier molecular flexibility index (Phi) is 6.13. The predicted octanol–water partition coefficient (Wildman–Crippen LogP) is 2.52. The van der Waals surface area contributed by atoms with Gasteiger partial charge in [0, 0.05) is 20.1 Å². The third kappa shape index (κ3) is 4.89. The molecule has 0 radical (unpaired) electrons. The van der Waals surface area contributed by atoms with Crippen molar-refractivity contribution in [3.8, 4) is 11.5 Å². The number of fused-ring (bicyclic) bond motifs is 1. The Morgan fingerprint density at radius 1 is 1.11 bits per heavy atom. The molecular formula is C20H25FN4O2. The van der Waals surface area contributed by atoms with Crippen molar-refractivity contribution in [2.45, 2.75) is 12.6 Å². The van der Waals surface area contributed by atoms with E-state index in [0.29, 0.717) is 19.0 Å². The summed E-state index contributed by atoms with van der Waals surface area (Å²) in [6.45, 7) is 1.52. The number of nitrogens with zero attached hydrogens (tertiary/aromatic N) is 2. The highest BCUT2D eigenvalue weighted by Gasteiger charge is 2.16. The molecule has 1 aliphatic heterocycles. The molecule has 1 atom stereocenters. The molecule has 0 bridgehead atoms. The van der Waals surface area contributed by atoms with Crippen LogP contribution >= 0.6 is 0 Å². The molecule has 2 aromatic rings. The molecule has 27 heavy (non-hydrogen) atoms. The van der Waals surface area contributed by atoms with Gasteiger partial charge in [-0.05, 0) is 49.5 Å². The van der Waals surface area contributed by atoms with Crippen molar-refractivity contribution in [3.63, 3.8) is 0 Å². The lowest BCUT2D eigenvalue weighted by Crippen LogP contribution is -2.41. The number of hydrogen-bond acceptors (Lipinski definition) is 4. The Balaban J connectivity index is 1.56. The summed E-state index contributed by atoms with van der Waals surface area (Å²) >= 11 is 0. The lowest BCUT2D eigenvalue weighted by molar-refractivity contribution is 0.174. The zero-order valence-corrected chi connectivity index (χ0v) is 15.8. The van der Waals surface area contributed by atoms with Crippen molar-refractivity contribution >= 4 is 5.96 Å². The van der Waals surface area contributed by atoms with Crippen LogP contribution in [0.1, 0.15) is 17.2 Å². The second kappa shape index (κ2) is 8.73. The Morgan fingerprint density at radius 2 is 1.85 bits per heavy atom. The molecule has 7 heteroatoms. The van der Waals surface area contributed by atoms with Crippen molar-refractivity contribution < 1.29 is 13.9 Å². The number of guanidine groups is 1. The third-order valence-corrected chi connectivity index (χ3v) is 4.46. The smallest absolute Gasteiger partial charge is 0.231 e. The minimum absolute atomic E-state index is 0.0923.